The third kappa shape index (κ3) is 4.29. The summed E-state index contributed by atoms with van der Waals surface area (Å²) in [6, 6.07) is 6.67. The Hall–Kier alpha value is -1.93. The van der Waals surface area contributed by atoms with Crippen LogP contribution in [0.15, 0.2) is 35.4 Å². The summed E-state index contributed by atoms with van der Waals surface area (Å²) in [4.78, 5) is 15.9. The Labute approximate surface area is 139 Å². The van der Waals surface area contributed by atoms with E-state index in [1.807, 2.05) is 13.8 Å². The van der Waals surface area contributed by atoms with Crippen LogP contribution in [-0.2, 0) is 14.8 Å². The molecule has 0 bridgehead atoms. The van der Waals surface area contributed by atoms with Crippen molar-refractivity contribution in [2.45, 2.75) is 31.6 Å². The van der Waals surface area contributed by atoms with Gasteiger partial charge in [-0.2, -0.15) is 0 Å². The third-order valence-electron chi connectivity index (χ3n) is 3.06. The fourth-order valence-corrected chi connectivity index (χ4v) is 3.78. The molecular weight excluding hydrogens is 336 g/mol. The van der Waals surface area contributed by atoms with E-state index >= 15 is 0 Å². The molecule has 0 unspecified atom stereocenters. The largest absolute Gasteiger partial charge is 0.462 e. The van der Waals surface area contributed by atoms with Crippen LogP contribution in [-0.4, -0.2) is 26.0 Å². The Morgan fingerprint density at radius 3 is 2.52 bits per heavy atom. The first-order chi connectivity index (χ1) is 10.8. The number of nitrogens with one attached hydrogen (secondary N) is 1. The minimum Gasteiger partial charge on any atom is -0.462 e. The number of aromatic nitrogens is 1. The molecule has 0 saturated heterocycles. The van der Waals surface area contributed by atoms with Crippen molar-refractivity contribution in [1.82, 2.24) is 4.98 Å². The topological polar surface area (TPSA) is 85.4 Å². The van der Waals surface area contributed by atoms with Crippen molar-refractivity contribution in [3.63, 3.8) is 0 Å². The summed E-state index contributed by atoms with van der Waals surface area (Å²) in [5.74, 6) is -0.192. The Morgan fingerprint density at radius 1 is 1.30 bits per heavy atom. The minimum absolute atomic E-state index is 0.126. The molecule has 23 heavy (non-hydrogen) atoms. The molecule has 0 aliphatic carbocycles. The lowest BCUT2D eigenvalue weighted by molar-refractivity contribution is 0.0532. The minimum atomic E-state index is -3.73. The number of anilines is 1. The number of sulfonamides is 1. The van der Waals surface area contributed by atoms with E-state index in [0.717, 1.165) is 16.9 Å². The molecule has 2 aromatic rings. The summed E-state index contributed by atoms with van der Waals surface area (Å²) >= 11 is 0.935. The predicted octanol–water partition coefficient (Wildman–Crippen LogP) is 3.24. The second kappa shape index (κ2) is 7.10. The predicted molar refractivity (Wildman–Crippen MR) is 89.4 cm³/mol. The molecule has 1 aromatic carbocycles. The number of carbonyl (C=O) groups is 1. The zero-order chi connectivity index (χ0) is 17.0. The van der Waals surface area contributed by atoms with Gasteiger partial charge in [-0.25, -0.2) is 18.2 Å². The molecule has 8 heteroatoms. The molecular formula is C15H18N2O4S2. The highest BCUT2D eigenvalue weighted by Crippen LogP contribution is 2.23. The molecule has 0 saturated carbocycles. The molecule has 0 fully saturated rings. The lowest BCUT2D eigenvalue weighted by atomic mass is 10.0. The maximum atomic E-state index is 12.3. The Bertz CT molecular complexity index is 780. The number of benzene rings is 1. The van der Waals surface area contributed by atoms with Gasteiger partial charge in [-0.3, -0.25) is 4.72 Å². The summed E-state index contributed by atoms with van der Waals surface area (Å²) < 4.78 is 31.9. The van der Waals surface area contributed by atoms with Crippen LogP contribution < -0.4 is 4.72 Å². The van der Waals surface area contributed by atoms with E-state index in [2.05, 4.69) is 9.71 Å². The highest BCUT2D eigenvalue weighted by atomic mass is 32.2. The number of hydrogen-bond donors (Lipinski definition) is 1. The van der Waals surface area contributed by atoms with Crippen LogP contribution in [0.4, 0.5) is 5.13 Å². The molecule has 0 spiro atoms. The fraction of sp³-hybridized carbons (Fsp3) is 0.333. The summed E-state index contributed by atoms with van der Waals surface area (Å²) in [6.45, 7) is 6.02. The van der Waals surface area contributed by atoms with E-state index in [0.29, 0.717) is 5.92 Å². The van der Waals surface area contributed by atoms with Gasteiger partial charge in [0.25, 0.3) is 10.0 Å². The summed E-state index contributed by atoms with van der Waals surface area (Å²) in [6.07, 6.45) is 1.29. The van der Waals surface area contributed by atoms with Gasteiger partial charge in [0.15, 0.2) is 5.13 Å². The van der Waals surface area contributed by atoms with Crippen LogP contribution in [0.1, 0.15) is 41.9 Å². The Balaban J connectivity index is 2.16. The molecule has 0 atom stereocenters. The molecule has 0 amide bonds. The average molecular weight is 354 g/mol. The second-order valence-corrected chi connectivity index (χ2v) is 7.79. The van der Waals surface area contributed by atoms with E-state index < -0.39 is 16.0 Å². The SMILES string of the molecule is CCOC(=O)c1cnc(NS(=O)(=O)c2ccc(C(C)C)cc2)s1. The number of nitrogens with zero attached hydrogens (tertiary/aromatic N) is 1. The molecule has 0 aliphatic rings. The Kier molecular flexibility index (Phi) is 5.38. The first-order valence-corrected chi connectivity index (χ1v) is 9.39. The maximum absolute atomic E-state index is 12.3. The van der Waals surface area contributed by atoms with Crippen molar-refractivity contribution < 1.29 is 17.9 Å². The highest BCUT2D eigenvalue weighted by Gasteiger charge is 2.18. The van der Waals surface area contributed by atoms with Crippen molar-refractivity contribution >= 4 is 32.5 Å². The molecule has 124 valence electrons. The molecule has 0 aliphatic heterocycles. The summed E-state index contributed by atoms with van der Waals surface area (Å²) in [5.41, 5.74) is 1.06. The van der Waals surface area contributed by atoms with Crippen LogP contribution in [0, 0.1) is 0 Å². The van der Waals surface area contributed by atoms with Gasteiger partial charge >= 0.3 is 5.97 Å². The van der Waals surface area contributed by atoms with E-state index in [1.165, 1.54) is 6.20 Å². The molecule has 6 nitrogen and oxygen atoms in total. The number of hydrogen-bond acceptors (Lipinski definition) is 6. The maximum Gasteiger partial charge on any atom is 0.350 e. The molecule has 1 N–H and O–H groups in total. The van der Waals surface area contributed by atoms with Crippen LogP contribution in [0.3, 0.4) is 0 Å². The molecule has 1 aromatic heterocycles. The number of thiazole rings is 1. The lowest BCUT2D eigenvalue weighted by Crippen LogP contribution is -2.12. The van der Waals surface area contributed by atoms with E-state index in [4.69, 9.17) is 4.74 Å². The van der Waals surface area contributed by atoms with E-state index in [1.54, 1.807) is 31.2 Å². The van der Waals surface area contributed by atoms with Gasteiger partial charge in [-0.05, 0) is 30.5 Å². The van der Waals surface area contributed by atoms with Gasteiger partial charge in [-0.15, -0.1) is 0 Å². The normalized spacial score (nSPS) is 11.5. The van der Waals surface area contributed by atoms with Gasteiger partial charge in [0.1, 0.15) is 4.88 Å². The number of rotatable bonds is 6. The van der Waals surface area contributed by atoms with Gasteiger partial charge in [0, 0.05) is 0 Å². The van der Waals surface area contributed by atoms with Gasteiger partial charge in [-0.1, -0.05) is 37.3 Å². The summed E-state index contributed by atoms with van der Waals surface area (Å²) in [7, 11) is -3.73. The van der Waals surface area contributed by atoms with Gasteiger partial charge in [0.05, 0.1) is 17.7 Å². The van der Waals surface area contributed by atoms with Crippen molar-refractivity contribution in [2.75, 3.05) is 11.3 Å². The van der Waals surface area contributed by atoms with E-state index in [9.17, 15) is 13.2 Å². The van der Waals surface area contributed by atoms with Crippen molar-refractivity contribution in [3.8, 4) is 0 Å². The quantitative estimate of drug-likeness (QED) is 0.805. The molecule has 2 rings (SSSR count). The van der Waals surface area contributed by atoms with Gasteiger partial charge in [0.2, 0.25) is 0 Å². The number of carbonyl (C=O) groups excluding carboxylic acids is 1. The van der Waals surface area contributed by atoms with Gasteiger partial charge < -0.3 is 4.74 Å². The highest BCUT2D eigenvalue weighted by molar-refractivity contribution is 7.93. The van der Waals surface area contributed by atoms with Crippen molar-refractivity contribution in [3.05, 3.63) is 40.9 Å². The number of esters is 1. The van der Waals surface area contributed by atoms with Crippen LogP contribution in [0.5, 0.6) is 0 Å². The van der Waals surface area contributed by atoms with Crippen LogP contribution in [0.25, 0.3) is 0 Å². The van der Waals surface area contributed by atoms with Crippen molar-refractivity contribution in [1.29, 1.82) is 0 Å². The first kappa shape index (κ1) is 17.4. The fourth-order valence-electron chi connectivity index (χ4n) is 1.82. The third-order valence-corrected chi connectivity index (χ3v) is 5.44. The summed E-state index contributed by atoms with van der Waals surface area (Å²) in [5, 5.41) is 0.126. The zero-order valence-corrected chi connectivity index (χ0v) is 14.7. The Morgan fingerprint density at radius 2 is 1.96 bits per heavy atom. The second-order valence-electron chi connectivity index (χ2n) is 5.08. The van der Waals surface area contributed by atoms with Crippen LogP contribution in [0.2, 0.25) is 0 Å². The monoisotopic (exact) mass is 354 g/mol. The molecule has 0 radical (unpaired) electrons. The van der Waals surface area contributed by atoms with Crippen molar-refractivity contribution in [2.24, 2.45) is 0 Å². The average Bonchev–Trinajstić information content (AvgIpc) is 2.95. The first-order valence-electron chi connectivity index (χ1n) is 7.09. The molecule has 1 heterocycles. The zero-order valence-electron chi connectivity index (χ0n) is 13.1. The smallest absolute Gasteiger partial charge is 0.350 e. The van der Waals surface area contributed by atoms with E-state index in [-0.39, 0.29) is 21.5 Å². The lowest BCUT2D eigenvalue weighted by Gasteiger charge is -2.08. The number of ether oxygens (including phenoxy) is 1. The standard InChI is InChI=1S/C15H18N2O4S2/c1-4-21-14(18)13-9-16-15(22-13)17-23(19,20)12-7-5-11(6-8-12)10(2)3/h5-10H,4H2,1-3H3,(H,16,17). The van der Waals surface area contributed by atoms with Crippen LogP contribution >= 0.6 is 11.3 Å².